The summed E-state index contributed by atoms with van der Waals surface area (Å²) >= 11 is 10.7. The summed E-state index contributed by atoms with van der Waals surface area (Å²) in [6, 6.07) is 1.25. The molecule has 0 aliphatic carbocycles. The van der Waals surface area contributed by atoms with Crippen LogP contribution < -0.4 is 0 Å². The molecule has 9 heavy (non-hydrogen) atoms. The molecule has 48 valence electrons. The summed E-state index contributed by atoms with van der Waals surface area (Å²) in [4.78, 5) is 3.45. The summed E-state index contributed by atoms with van der Waals surface area (Å²) in [5.74, 6) is -0.555. The third-order valence-electron chi connectivity index (χ3n) is 0.775. The highest BCUT2D eigenvalue weighted by molar-refractivity contribution is 6.33. The van der Waals surface area contributed by atoms with Crippen LogP contribution in [0.2, 0.25) is 10.2 Å². The molecule has 0 fully saturated rings. The third kappa shape index (κ3) is 1.53. The molecule has 0 N–H and O–H groups in total. The van der Waals surface area contributed by atoms with E-state index < -0.39 is 5.82 Å². The van der Waals surface area contributed by atoms with Crippen LogP contribution in [0, 0.1) is 5.82 Å². The molecule has 1 aromatic heterocycles. The van der Waals surface area contributed by atoms with Crippen LogP contribution >= 0.6 is 23.2 Å². The molecule has 0 aromatic carbocycles. The third-order valence-corrected chi connectivity index (χ3v) is 1.27. The first kappa shape index (κ1) is 6.78. The van der Waals surface area contributed by atoms with Crippen molar-refractivity contribution in [2.24, 2.45) is 0 Å². The van der Waals surface area contributed by atoms with Gasteiger partial charge in [0.15, 0.2) is 5.82 Å². The van der Waals surface area contributed by atoms with E-state index in [4.69, 9.17) is 23.2 Å². The predicted octanol–water partition coefficient (Wildman–Crippen LogP) is 2.53. The molecule has 0 aliphatic rings. The lowest BCUT2D eigenvalue weighted by Gasteiger charge is -1.90. The maximum absolute atomic E-state index is 12.2. The van der Waals surface area contributed by atoms with E-state index in [1.807, 2.05) is 0 Å². The lowest BCUT2D eigenvalue weighted by molar-refractivity contribution is 0.622. The van der Waals surface area contributed by atoms with Crippen LogP contribution in [0.1, 0.15) is 0 Å². The maximum atomic E-state index is 12.2. The Balaban J connectivity index is 3.17. The minimum Gasteiger partial charge on any atom is -0.241 e. The molecule has 0 unspecified atom stereocenters. The van der Waals surface area contributed by atoms with Gasteiger partial charge in [-0.1, -0.05) is 23.2 Å². The number of rotatable bonds is 0. The minimum absolute atomic E-state index is 0.00463. The molecule has 4 heteroatoms. The van der Waals surface area contributed by atoms with Crippen LogP contribution in [0.25, 0.3) is 0 Å². The van der Waals surface area contributed by atoms with Crippen LogP contribution in [0.15, 0.2) is 12.3 Å². The second kappa shape index (κ2) is 2.50. The van der Waals surface area contributed by atoms with Crippen molar-refractivity contribution < 1.29 is 4.39 Å². The van der Waals surface area contributed by atoms with Gasteiger partial charge in [-0.3, -0.25) is 0 Å². The molecule has 0 amide bonds. The van der Waals surface area contributed by atoms with E-state index in [2.05, 4.69) is 4.98 Å². The molecule has 1 aromatic rings. The fourth-order valence-corrected chi connectivity index (χ4v) is 0.757. The number of halogens is 3. The van der Waals surface area contributed by atoms with Crippen LogP contribution in [0.5, 0.6) is 0 Å². The maximum Gasteiger partial charge on any atom is 0.160 e. The monoisotopic (exact) mass is 165 g/mol. The smallest absolute Gasteiger partial charge is 0.160 e. The van der Waals surface area contributed by atoms with Crippen LogP contribution in [-0.2, 0) is 0 Å². The van der Waals surface area contributed by atoms with Crippen molar-refractivity contribution in [3.05, 3.63) is 28.3 Å². The molecular weight excluding hydrogens is 164 g/mol. The molecule has 1 rings (SSSR count). The van der Waals surface area contributed by atoms with Gasteiger partial charge in [-0.15, -0.1) is 0 Å². The van der Waals surface area contributed by atoms with Crippen molar-refractivity contribution >= 4 is 23.2 Å². The first-order valence-electron chi connectivity index (χ1n) is 2.16. The Hall–Kier alpha value is -0.340. The average molecular weight is 166 g/mol. The summed E-state index contributed by atoms with van der Waals surface area (Å²) in [6.45, 7) is 0. The first-order chi connectivity index (χ1) is 4.20. The Kier molecular flexibility index (Phi) is 1.88. The standard InChI is InChI=1S/C5H2Cl2FN/c6-3-1-5(7)9-2-4(3)8/h1-2H. The van der Waals surface area contributed by atoms with E-state index in [1.165, 1.54) is 6.07 Å². The molecule has 1 nitrogen and oxygen atoms in total. The molecule has 0 spiro atoms. The number of hydrogen-bond acceptors (Lipinski definition) is 1. The Morgan fingerprint density at radius 2 is 2.11 bits per heavy atom. The minimum atomic E-state index is -0.555. The van der Waals surface area contributed by atoms with Gasteiger partial charge < -0.3 is 0 Å². The zero-order valence-electron chi connectivity index (χ0n) is 4.24. The predicted molar refractivity (Wildman–Crippen MR) is 34.2 cm³/mol. The van der Waals surface area contributed by atoms with Crippen LogP contribution in [0.3, 0.4) is 0 Å². The number of pyridine rings is 1. The van der Waals surface area contributed by atoms with E-state index in [0.29, 0.717) is 0 Å². The first-order valence-corrected chi connectivity index (χ1v) is 2.92. The molecular formula is C5H2Cl2FN. The van der Waals surface area contributed by atoms with Crippen LogP contribution in [-0.4, -0.2) is 4.98 Å². The fourth-order valence-electron chi connectivity index (χ4n) is 0.391. The molecule has 0 bridgehead atoms. The summed E-state index contributed by atoms with van der Waals surface area (Å²) in [5.41, 5.74) is 0. The number of hydrogen-bond donors (Lipinski definition) is 0. The Morgan fingerprint density at radius 1 is 1.44 bits per heavy atom. The second-order valence-corrected chi connectivity index (χ2v) is 2.22. The second-order valence-electron chi connectivity index (χ2n) is 1.42. The lowest BCUT2D eigenvalue weighted by Crippen LogP contribution is -1.79. The Morgan fingerprint density at radius 3 is 2.56 bits per heavy atom. The van der Waals surface area contributed by atoms with Gasteiger partial charge in [-0.2, -0.15) is 0 Å². The Bertz CT molecular complexity index is 226. The van der Waals surface area contributed by atoms with Gasteiger partial charge in [0, 0.05) is 0 Å². The van der Waals surface area contributed by atoms with Crippen LogP contribution in [0.4, 0.5) is 4.39 Å². The van der Waals surface area contributed by atoms with Gasteiger partial charge in [0.2, 0.25) is 0 Å². The number of aromatic nitrogens is 1. The van der Waals surface area contributed by atoms with Crippen molar-refractivity contribution in [3.8, 4) is 0 Å². The molecule has 0 radical (unpaired) electrons. The van der Waals surface area contributed by atoms with Crippen molar-refractivity contribution in [1.29, 1.82) is 0 Å². The Labute approximate surface area is 61.4 Å². The SMILES string of the molecule is Fc1cnc(Cl)cc1Cl. The topological polar surface area (TPSA) is 12.9 Å². The van der Waals surface area contributed by atoms with Gasteiger partial charge in [0.25, 0.3) is 0 Å². The summed E-state index contributed by atoms with van der Waals surface area (Å²) in [5, 5.41) is 0.191. The average Bonchev–Trinajstić information content (AvgIpc) is 1.80. The quantitative estimate of drug-likeness (QED) is 0.539. The zero-order valence-corrected chi connectivity index (χ0v) is 5.75. The highest BCUT2D eigenvalue weighted by atomic mass is 35.5. The zero-order chi connectivity index (χ0) is 6.85. The molecule has 0 saturated carbocycles. The lowest BCUT2D eigenvalue weighted by atomic mass is 10.5. The molecule has 1 heterocycles. The van der Waals surface area contributed by atoms with Crippen molar-refractivity contribution in [2.75, 3.05) is 0 Å². The van der Waals surface area contributed by atoms with Gasteiger partial charge >= 0.3 is 0 Å². The van der Waals surface area contributed by atoms with Crippen molar-refractivity contribution in [2.45, 2.75) is 0 Å². The van der Waals surface area contributed by atoms with E-state index >= 15 is 0 Å². The highest BCUT2D eigenvalue weighted by Gasteiger charge is 1.98. The molecule has 0 saturated heterocycles. The van der Waals surface area contributed by atoms with E-state index in [-0.39, 0.29) is 10.2 Å². The summed E-state index contributed by atoms with van der Waals surface area (Å²) in [6.07, 6.45) is 0.977. The van der Waals surface area contributed by atoms with Crippen molar-refractivity contribution in [3.63, 3.8) is 0 Å². The van der Waals surface area contributed by atoms with Gasteiger partial charge in [-0.25, -0.2) is 9.37 Å². The normalized spacial score (nSPS) is 9.67. The largest absolute Gasteiger partial charge is 0.241 e. The van der Waals surface area contributed by atoms with Gasteiger partial charge in [0.1, 0.15) is 5.15 Å². The number of nitrogens with zero attached hydrogens (tertiary/aromatic N) is 1. The van der Waals surface area contributed by atoms with E-state index in [9.17, 15) is 4.39 Å². The van der Waals surface area contributed by atoms with Crippen molar-refractivity contribution in [1.82, 2.24) is 4.98 Å². The highest BCUT2D eigenvalue weighted by Crippen LogP contribution is 2.15. The van der Waals surface area contributed by atoms with Gasteiger partial charge in [-0.05, 0) is 6.07 Å². The molecule has 0 aliphatic heterocycles. The summed E-state index contributed by atoms with van der Waals surface area (Å²) in [7, 11) is 0. The summed E-state index contributed by atoms with van der Waals surface area (Å²) < 4.78 is 12.2. The fraction of sp³-hybridized carbons (Fsp3) is 0. The van der Waals surface area contributed by atoms with Gasteiger partial charge in [0.05, 0.1) is 11.2 Å². The van der Waals surface area contributed by atoms with E-state index in [1.54, 1.807) is 0 Å². The van der Waals surface area contributed by atoms with E-state index in [0.717, 1.165) is 6.20 Å². The molecule has 0 atom stereocenters.